The second kappa shape index (κ2) is 1.83. The summed E-state index contributed by atoms with van der Waals surface area (Å²) in [7, 11) is 0. The zero-order chi connectivity index (χ0) is 6.27. The van der Waals surface area contributed by atoms with Crippen LogP contribution in [0.25, 0.3) is 0 Å². The number of fused-ring (bicyclic) bond motifs is 1. The fourth-order valence-corrected chi connectivity index (χ4v) is 1.97. The lowest BCUT2D eigenvalue weighted by Crippen LogP contribution is -1.83. The van der Waals surface area contributed by atoms with Crippen molar-refractivity contribution in [2.75, 3.05) is 6.54 Å². The van der Waals surface area contributed by atoms with Crippen LogP contribution in [0.4, 0.5) is 0 Å². The molecule has 1 fully saturated rings. The first kappa shape index (κ1) is 5.45. The third-order valence-electron chi connectivity index (χ3n) is 2.83. The second-order valence-corrected chi connectivity index (χ2v) is 3.31. The molecule has 50 valence electrons. The van der Waals surface area contributed by atoms with Gasteiger partial charge in [-0.25, -0.2) is 0 Å². The summed E-state index contributed by atoms with van der Waals surface area (Å²) in [5, 5.41) is 0. The molecule has 0 radical (unpaired) electrons. The van der Waals surface area contributed by atoms with Gasteiger partial charge in [-0.15, -0.1) is 0 Å². The number of hydrogen-bond acceptors (Lipinski definition) is 1. The molecule has 0 saturated heterocycles. The predicted octanol–water partition coefficient (Wildman–Crippen LogP) is 1.73. The Morgan fingerprint density at radius 3 is 3.22 bits per heavy atom. The minimum atomic E-state index is 0.962. The van der Waals surface area contributed by atoms with Crippen molar-refractivity contribution in [3.63, 3.8) is 0 Å². The molecule has 0 aromatic carbocycles. The Hall–Kier alpha value is -0.330. The summed E-state index contributed by atoms with van der Waals surface area (Å²) in [5.74, 6) is 2.98. The first-order valence-electron chi connectivity index (χ1n) is 3.88. The monoisotopic (exact) mass is 123 g/mol. The Morgan fingerprint density at radius 1 is 1.44 bits per heavy atom. The third-order valence-corrected chi connectivity index (χ3v) is 2.83. The van der Waals surface area contributed by atoms with E-state index in [1.165, 1.54) is 12.8 Å². The van der Waals surface area contributed by atoms with E-state index < -0.39 is 0 Å². The summed E-state index contributed by atoms with van der Waals surface area (Å²) < 4.78 is 0. The van der Waals surface area contributed by atoms with Crippen molar-refractivity contribution in [1.29, 1.82) is 0 Å². The highest BCUT2D eigenvalue weighted by molar-refractivity contribution is 5.57. The minimum Gasteiger partial charge on any atom is -0.297 e. The van der Waals surface area contributed by atoms with Crippen LogP contribution < -0.4 is 0 Å². The molecule has 0 spiro atoms. The zero-order valence-corrected chi connectivity index (χ0v) is 5.88. The average Bonchev–Trinajstić information content (AvgIpc) is 2.51. The van der Waals surface area contributed by atoms with Crippen molar-refractivity contribution in [2.24, 2.45) is 22.7 Å². The Balaban J connectivity index is 2.01. The van der Waals surface area contributed by atoms with Crippen molar-refractivity contribution >= 4 is 6.21 Å². The SMILES string of the molecule is CC1C2CCC=NCC12. The third kappa shape index (κ3) is 0.790. The largest absolute Gasteiger partial charge is 0.297 e. The minimum absolute atomic E-state index is 0.962. The summed E-state index contributed by atoms with van der Waals surface area (Å²) in [5.41, 5.74) is 0. The van der Waals surface area contributed by atoms with E-state index in [0.29, 0.717) is 0 Å². The zero-order valence-electron chi connectivity index (χ0n) is 5.88. The molecule has 9 heavy (non-hydrogen) atoms. The Morgan fingerprint density at radius 2 is 2.33 bits per heavy atom. The maximum Gasteiger partial charge on any atom is 0.0419 e. The Labute approximate surface area is 56.2 Å². The molecule has 1 heteroatoms. The first-order chi connectivity index (χ1) is 4.39. The summed E-state index contributed by atoms with van der Waals surface area (Å²) >= 11 is 0. The van der Waals surface area contributed by atoms with E-state index in [0.717, 1.165) is 24.3 Å². The Kier molecular flexibility index (Phi) is 1.11. The maximum absolute atomic E-state index is 4.32. The molecule has 1 heterocycles. The van der Waals surface area contributed by atoms with Crippen LogP contribution in [0.15, 0.2) is 4.99 Å². The van der Waals surface area contributed by atoms with Gasteiger partial charge in [0, 0.05) is 6.54 Å². The van der Waals surface area contributed by atoms with Gasteiger partial charge in [0.1, 0.15) is 0 Å². The molecule has 2 rings (SSSR count). The topological polar surface area (TPSA) is 12.4 Å². The molecular weight excluding hydrogens is 110 g/mol. The lowest BCUT2D eigenvalue weighted by Gasteiger charge is -1.87. The number of rotatable bonds is 0. The standard InChI is InChI=1S/C8H13N/c1-6-7-3-2-4-9-5-8(6)7/h4,6-8H,2-3,5H2,1H3. The molecule has 3 atom stereocenters. The summed E-state index contributed by atoms with van der Waals surface area (Å²) in [6, 6.07) is 0. The summed E-state index contributed by atoms with van der Waals surface area (Å²) in [6.07, 6.45) is 4.72. The highest BCUT2D eigenvalue weighted by Gasteiger charge is 2.45. The van der Waals surface area contributed by atoms with Crippen LogP contribution in [-0.2, 0) is 0 Å². The fraction of sp³-hybridized carbons (Fsp3) is 0.875. The molecule has 1 nitrogen and oxygen atoms in total. The van der Waals surface area contributed by atoms with Crippen LogP contribution in [0, 0.1) is 17.8 Å². The average molecular weight is 123 g/mol. The Bertz CT molecular complexity index is 140. The predicted molar refractivity (Wildman–Crippen MR) is 38.7 cm³/mol. The quantitative estimate of drug-likeness (QED) is 0.465. The smallest absolute Gasteiger partial charge is 0.0419 e. The van der Waals surface area contributed by atoms with Crippen LogP contribution in [0.5, 0.6) is 0 Å². The molecule has 1 saturated carbocycles. The van der Waals surface area contributed by atoms with Gasteiger partial charge < -0.3 is 0 Å². The van der Waals surface area contributed by atoms with Gasteiger partial charge in [-0.2, -0.15) is 0 Å². The van der Waals surface area contributed by atoms with E-state index in [1.807, 2.05) is 0 Å². The maximum atomic E-state index is 4.32. The lowest BCUT2D eigenvalue weighted by molar-refractivity contribution is 0.682. The van der Waals surface area contributed by atoms with Gasteiger partial charge in [0.25, 0.3) is 0 Å². The normalized spacial score (nSPS) is 47.9. The van der Waals surface area contributed by atoms with Crippen LogP contribution in [-0.4, -0.2) is 12.8 Å². The molecule has 0 aromatic rings. The van der Waals surface area contributed by atoms with Crippen molar-refractivity contribution < 1.29 is 0 Å². The van der Waals surface area contributed by atoms with E-state index in [-0.39, 0.29) is 0 Å². The van der Waals surface area contributed by atoms with Gasteiger partial charge >= 0.3 is 0 Å². The molecule has 2 aliphatic rings. The number of aliphatic imine (C=N–C) groups is 1. The van der Waals surface area contributed by atoms with Gasteiger partial charge in [-0.05, 0) is 36.8 Å². The molecule has 1 aliphatic heterocycles. The van der Waals surface area contributed by atoms with Crippen molar-refractivity contribution in [1.82, 2.24) is 0 Å². The van der Waals surface area contributed by atoms with Crippen LogP contribution in [0.1, 0.15) is 19.8 Å². The fourth-order valence-electron chi connectivity index (χ4n) is 1.97. The van der Waals surface area contributed by atoms with E-state index in [9.17, 15) is 0 Å². The van der Waals surface area contributed by atoms with E-state index in [1.54, 1.807) is 0 Å². The van der Waals surface area contributed by atoms with Crippen molar-refractivity contribution in [3.05, 3.63) is 0 Å². The number of nitrogens with zero attached hydrogens (tertiary/aromatic N) is 1. The molecule has 3 unspecified atom stereocenters. The van der Waals surface area contributed by atoms with Gasteiger partial charge in [0.05, 0.1) is 0 Å². The first-order valence-corrected chi connectivity index (χ1v) is 3.88. The van der Waals surface area contributed by atoms with Crippen LogP contribution in [0.2, 0.25) is 0 Å². The summed E-state index contributed by atoms with van der Waals surface area (Å²) in [4.78, 5) is 4.32. The van der Waals surface area contributed by atoms with Crippen LogP contribution in [0.3, 0.4) is 0 Å². The molecule has 0 bridgehead atoms. The molecule has 0 N–H and O–H groups in total. The van der Waals surface area contributed by atoms with E-state index in [2.05, 4.69) is 18.1 Å². The van der Waals surface area contributed by atoms with E-state index >= 15 is 0 Å². The van der Waals surface area contributed by atoms with Crippen LogP contribution >= 0.6 is 0 Å². The summed E-state index contributed by atoms with van der Waals surface area (Å²) in [6.45, 7) is 3.47. The molecular formula is C8H13N. The van der Waals surface area contributed by atoms with Gasteiger partial charge in [0.2, 0.25) is 0 Å². The molecule has 0 aromatic heterocycles. The van der Waals surface area contributed by atoms with Crippen molar-refractivity contribution in [3.8, 4) is 0 Å². The highest BCUT2D eigenvalue weighted by Crippen LogP contribution is 2.49. The number of hydrogen-bond donors (Lipinski definition) is 0. The molecule has 0 amide bonds. The van der Waals surface area contributed by atoms with Gasteiger partial charge in [0.15, 0.2) is 0 Å². The van der Waals surface area contributed by atoms with E-state index in [4.69, 9.17) is 0 Å². The van der Waals surface area contributed by atoms with Gasteiger partial charge in [-0.3, -0.25) is 4.99 Å². The second-order valence-electron chi connectivity index (χ2n) is 3.31. The highest BCUT2D eigenvalue weighted by atomic mass is 14.8. The van der Waals surface area contributed by atoms with Crippen molar-refractivity contribution in [2.45, 2.75) is 19.8 Å². The molecule has 1 aliphatic carbocycles. The van der Waals surface area contributed by atoms with Gasteiger partial charge in [-0.1, -0.05) is 6.92 Å². The lowest BCUT2D eigenvalue weighted by atomic mass is 10.2.